The summed E-state index contributed by atoms with van der Waals surface area (Å²) in [5, 5.41) is 0.630. The number of benzene rings is 3. The van der Waals surface area contributed by atoms with Gasteiger partial charge in [0.1, 0.15) is 6.61 Å². The third-order valence-electron chi connectivity index (χ3n) is 7.15. The maximum atomic E-state index is 14.0. The SMILES string of the molecule is CCOC(=O)C1=C(C)N=c2sc(=Cc3ccc(OCc4ccccc4Cl)c(OCC)c3)c(=O)n2C1c1ccc(N(C)C)cc1. The second-order valence-corrected chi connectivity index (χ2v) is 11.7. The van der Waals surface area contributed by atoms with Gasteiger partial charge in [0.05, 0.1) is 35.1 Å². The number of rotatable bonds is 10. The highest BCUT2D eigenvalue weighted by molar-refractivity contribution is 7.07. The molecule has 1 aliphatic rings. The van der Waals surface area contributed by atoms with E-state index in [9.17, 15) is 9.59 Å². The van der Waals surface area contributed by atoms with Gasteiger partial charge in [-0.1, -0.05) is 59.3 Å². The van der Waals surface area contributed by atoms with Crippen molar-refractivity contribution in [3.05, 3.63) is 119 Å². The summed E-state index contributed by atoms with van der Waals surface area (Å²) in [6.07, 6.45) is 1.81. The fraction of sp³-hybridized carbons (Fsp3) is 0.265. The molecule has 0 amide bonds. The number of carbonyl (C=O) groups excluding carboxylic acids is 1. The van der Waals surface area contributed by atoms with Gasteiger partial charge in [0.2, 0.25) is 0 Å². The Morgan fingerprint density at radius 2 is 1.77 bits per heavy atom. The first-order chi connectivity index (χ1) is 21.2. The fourth-order valence-corrected chi connectivity index (χ4v) is 6.22. The van der Waals surface area contributed by atoms with Crippen molar-refractivity contribution in [1.82, 2.24) is 4.57 Å². The number of aromatic nitrogens is 1. The number of carbonyl (C=O) groups is 1. The largest absolute Gasteiger partial charge is 0.490 e. The Morgan fingerprint density at radius 1 is 1.02 bits per heavy atom. The number of anilines is 1. The number of halogens is 1. The van der Waals surface area contributed by atoms with E-state index in [1.807, 2.05) is 92.6 Å². The molecule has 0 bridgehead atoms. The van der Waals surface area contributed by atoms with Gasteiger partial charge >= 0.3 is 5.97 Å². The zero-order valence-electron chi connectivity index (χ0n) is 25.3. The Balaban J connectivity index is 1.56. The molecule has 0 N–H and O–H groups in total. The predicted octanol–water partition coefficient (Wildman–Crippen LogP) is 5.50. The molecule has 0 radical (unpaired) electrons. The molecule has 1 atom stereocenters. The maximum Gasteiger partial charge on any atom is 0.338 e. The van der Waals surface area contributed by atoms with Crippen molar-refractivity contribution in [3.63, 3.8) is 0 Å². The van der Waals surface area contributed by atoms with Crippen LogP contribution in [0.4, 0.5) is 5.69 Å². The molecule has 0 aliphatic carbocycles. The Bertz CT molecular complexity index is 1890. The number of fused-ring (bicyclic) bond motifs is 1. The number of ether oxygens (including phenoxy) is 3. The summed E-state index contributed by atoms with van der Waals surface area (Å²) in [5.41, 5.74) is 4.05. The minimum Gasteiger partial charge on any atom is -0.490 e. The molecule has 5 rings (SSSR count). The Morgan fingerprint density at radius 3 is 2.45 bits per heavy atom. The molecule has 228 valence electrons. The molecule has 8 nitrogen and oxygen atoms in total. The first-order valence-electron chi connectivity index (χ1n) is 14.3. The van der Waals surface area contributed by atoms with E-state index < -0.39 is 12.0 Å². The normalized spacial score (nSPS) is 14.6. The predicted molar refractivity (Wildman–Crippen MR) is 175 cm³/mol. The number of allylic oxidation sites excluding steroid dienone is 1. The van der Waals surface area contributed by atoms with Crippen LogP contribution in [0.1, 0.15) is 43.5 Å². The average molecular weight is 632 g/mol. The molecule has 0 fully saturated rings. The number of nitrogens with zero attached hydrogens (tertiary/aromatic N) is 3. The van der Waals surface area contributed by atoms with E-state index in [1.54, 1.807) is 24.5 Å². The van der Waals surface area contributed by atoms with Crippen molar-refractivity contribution in [2.45, 2.75) is 33.4 Å². The lowest BCUT2D eigenvalue weighted by Gasteiger charge is -2.25. The van der Waals surface area contributed by atoms with Crippen molar-refractivity contribution in [1.29, 1.82) is 0 Å². The van der Waals surface area contributed by atoms with E-state index in [4.69, 9.17) is 25.8 Å². The third-order valence-corrected chi connectivity index (χ3v) is 8.50. The molecular formula is C34H34ClN3O5S. The van der Waals surface area contributed by atoms with Crippen LogP contribution in [0.5, 0.6) is 11.5 Å². The molecular weight excluding hydrogens is 598 g/mol. The zero-order chi connectivity index (χ0) is 31.4. The lowest BCUT2D eigenvalue weighted by Crippen LogP contribution is -2.39. The molecule has 0 spiro atoms. The summed E-state index contributed by atoms with van der Waals surface area (Å²) in [7, 11) is 3.92. The Hall–Kier alpha value is -4.34. The van der Waals surface area contributed by atoms with Crippen LogP contribution in [0, 0.1) is 0 Å². The summed E-state index contributed by atoms with van der Waals surface area (Å²) in [4.78, 5) is 34.4. The van der Waals surface area contributed by atoms with E-state index in [1.165, 1.54) is 11.3 Å². The summed E-state index contributed by atoms with van der Waals surface area (Å²) >= 11 is 7.57. The molecule has 0 saturated carbocycles. The van der Waals surface area contributed by atoms with E-state index in [2.05, 4.69) is 4.99 Å². The van der Waals surface area contributed by atoms with Gasteiger partial charge < -0.3 is 19.1 Å². The van der Waals surface area contributed by atoms with E-state index >= 15 is 0 Å². The summed E-state index contributed by atoms with van der Waals surface area (Å²) < 4.78 is 19.4. The van der Waals surface area contributed by atoms with Gasteiger partial charge in [-0.05, 0) is 68.3 Å². The third kappa shape index (κ3) is 6.44. The van der Waals surface area contributed by atoms with E-state index in [0.717, 1.165) is 22.4 Å². The molecule has 3 aromatic carbocycles. The number of esters is 1. The van der Waals surface area contributed by atoms with Crippen LogP contribution >= 0.6 is 22.9 Å². The molecule has 10 heteroatoms. The van der Waals surface area contributed by atoms with E-state index in [0.29, 0.717) is 43.7 Å². The van der Waals surface area contributed by atoms with Crippen LogP contribution in [0.2, 0.25) is 5.02 Å². The minimum atomic E-state index is -0.678. The highest BCUT2D eigenvalue weighted by Gasteiger charge is 2.33. The van der Waals surface area contributed by atoms with Crippen LogP contribution in [-0.4, -0.2) is 37.8 Å². The van der Waals surface area contributed by atoms with Gasteiger partial charge in [-0.3, -0.25) is 9.36 Å². The summed E-state index contributed by atoms with van der Waals surface area (Å²) in [6, 6.07) is 20.2. The van der Waals surface area contributed by atoms with Crippen LogP contribution in [0.25, 0.3) is 6.08 Å². The molecule has 1 aromatic heterocycles. The zero-order valence-corrected chi connectivity index (χ0v) is 26.9. The Labute approximate surface area is 265 Å². The standard InChI is InChI=1S/C34H34ClN3O5S/c1-6-41-28-18-22(12-17-27(28)43-20-24-10-8-9-11-26(24)35)19-29-32(39)38-31(23-13-15-25(16-14-23)37(4)5)30(33(40)42-7-2)21(3)36-34(38)44-29/h8-19,31H,6-7,20H2,1-5H3. The van der Waals surface area contributed by atoms with Crippen LogP contribution in [0.3, 0.4) is 0 Å². The van der Waals surface area contributed by atoms with Crippen molar-refractivity contribution < 1.29 is 19.0 Å². The second kappa shape index (κ2) is 13.5. The van der Waals surface area contributed by atoms with Gasteiger partial charge in [-0.2, -0.15) is 0 Å². The quantitative estimate of drug-likeness (QED) is 0.215. The van der Waals surface area contributed by atoms with Crippen LogP contribution < -0.4 is 29.3 Å². The number of thiazole rings is 1. The monoisotopic (exact) mass is 631 g/mol. The maximum absolute atomic E-state index is 14.0. The smallest absolute Gasteiger partial charge is 0.338 e. The topological polar surface area (TPSA) is 82.4 Å². The van der Waals surface area contributed by atoms with E-state index in [-0.39, 0.29) is 18.8 Å². The van der Waals surface area contributed by atoms with Crippen molar-refractivity contribution >= 4 is 40.7 Å². The average Bonchev–Trinajstić information content (AvgIpc) is 3.30. The van der Waals surface area contributed by atoms with Crippen LogP contribution in [-0.2, 0) is 16.1 Å². The first-order valence-corrected chi connectivity index (χ1v) is 15.5. The Kier molecular flexibility index (Phi) is 9.56. The van der Waals surface area contributed by atoms with Crippen molar-refractivity contribution in [2.24, 2.45) is 4.99 Å². The molecule has 1 aliphatic heterocycles. The molecule has 4 aromatic rings. The summed E-state index contributed by atoms with van der Waals surface area (Å²) in [5.74, 6) is 0.639. The van der Waals surface area contributed by atoms with Crippen LogP contribution in [0.15, 0.2) is 87.8 Å². The van der Waals surface area contributed by atoms with Gasteiger partial charge in [0.15, 0.2) is 16.3 Å². The lowest BCUT2D eigenvalue weighted by molar-refractivity contribution is -0.139. The number of hydrogen-bond acceptors (Lipinski definition) is 8. The van der Waals surface area contributed by atoms with Crippen molar-refractivity contribution in [2.75, 3.05) is 32.2 Å². The highest BCUT2D eigenvalue weighted by Crippen LogP contribution is 2.32. The fourth-order valence-electron chi connectivity index (χ4n) is 4.99. The molecule has 2 heterocycles. The number of hydrogen-bond donors (Lipinski definition) is 0. The van der Waals surface area contributed by atoms with Crippen molar-refractivity contribution in [3.8, 4) is 11.5 Å². The first kappa shape index (κ1) is 31.1. The molecule has 0 saturated heterocycles. The van der Waals surface area contributed by atoms with Gasteiger partial charge in [-0.25, -0.2) is 9.79 Å². The molecule has 1 unspecified atom stereocenters. The highest BCUT2D eigenvalue weighted by atomic mass is 35.5. The molecule has 44 heavy (non-hydrogen) atoms. The minimum absolute atomic E-state index is 0.215. The summed E-state index contributed by atoms with van der Waals surface area (Å²) in [6.45, 7) is 6.38. The van der Waals surface area contributed by atoms with Gasteiger partial charge in [0.25, 0.3) is 5.56 Å². The second-order valence-electron chi connectivity index (χ2n) is 10.3. The van der Waals surface area contributed by atoms with Gasteiger partial charge in [-0.15, -0.1) is 0 Å². The lowest BCUT2D eigenvalue weighted by atomic mass is 9.95. The van der Waals surface area contributed by atoms with Gasteiger partial charge in [0, 0.05) is 30.4 Å².